The second-order valence-electron chi connectivity index (χ2n) is 6.95. The van der Waals surface area contributed by atoms with Gasteiger partial charge in [0.05, 0.1) is 13.1 Å². The number of hydrogen-bond donors (Lipinski definition) is 1. The van der Waals surface area contributed by atoms with Crippen LogP contribution in [-0.4, -0.2) is 29.7 Å². The second-order valence-corrected chi connectivity index (χ2v) is 7.30. The fourth-order valence-electron chi connectivity index (χ4n) is 3.61. The Hall–Kier alpha value is -2.90. The molecule has 2 aliphatic heterocycles. The number of quaternary nitrogens is 1. The molecule has 5 rings (SSSR count). The Bertz CT molecular complexity index is 1090. The number of ether oxygens (including phenoxy) is 2. The Kier molecular flexibility index (Phi) is 4.46. The minimum atomic E-state index is 0.244. The van der Waals surface area contributed by atoms with Crippen molar-refractivity contribution in [1.29, 1.82) is 0 Å². The zero-order valence-corrected chi connectivity index (χ0v) is 16.1. The van der Waals surface area contributed by atoms with Crippen LogP contribution in [0.5, 0.6) is 11.5 Å². The number of nitrogens with one attached hydrogen (secondary N) is 1. The van der Waals surface area contributed by atoms with Crippen LogP contribution < -0.4 is 14.4 Å². The first-order valence-corrected chi connectivity index (χ1v) is 9.73. The van der Waals surface area contributed by atoms with Gasteiger partial charge in [-0.15, -0.1) is 5.10 Å². The van der Waals surface area contributed by atoms with Gasteiger partial charge in [0, 0.05) is 12.0 Å². The normalized spacial score (nSPS) is 18.1. The minimum absolute atomic E-state index is 0.244. The molecule has 2 aromatic carbocycles. The highest BCUT2D eigenvalue weighted by Crippen LogP contribution is 2.35. The molecule has 142 valence electrons. The van der Waals surface area contributed by atoms with Crippen LogP contribution in [0.1, 0.15) is 12.0 Å². The van der Waals surface area contributed by atoms with Crippen molar-refractivity contribution < 1.29 is 18.8 Å². The zero-order valence-electron chi connectivity index (χ0n) is 15.3. The zero-order chi connectivity index (χ0) is 18.9. The van der Waals surface area contributed by atoms with Crippen LogP contribution in [0.2, 0.25) is 0 Å². The maximum atomic E-state index is 5.73. The van der Waals surface area contributed by atoms with E-state index in [9.17, 15) is 0 Å². The molecule has 1 aromatic heterocycles. The number of hydrogen-bond acceptors (Lipinski definition) is 5. The minimum Gasteiger partial charge on any atom is -0.454 e. The van der Waals surface area contributed by atoms with E-state index in [4.69, 9.17) is 26.1 Å². The number of aromatic nitrogens is 2. The topological polar surface area (TPSA) is 53.9 Å². The maximum absolute atomic E-state index is 5.73. The van der Waals surface area contributed by atoms with Gasteiger partial charge in [0.2, 0.25) is 12.7 Å². The average molecular weight is 394 g/mol. The average Bonchev–Trinajstić information content (AvgIpc) is 3.35. The number of benzene rings is 2. The monoisotopic (exact) mass is 394 g/mol. The number of nitrogens with zero attached hydrogens (tertiary/aromatic N) is 2. The fourth-order valence-corrected chi connectivity index (χ4v) is 3.79. The highest BCUT2D eigenvalue weighted by molar-refractivity contribution is 7.71. The second kappa shape index (κ2) is 7.26. The van der Waals surface area contributed by atoms with Gasteiger partial charge in [-0.3, -0.25) is 0 Å². The maximum Gasteiger partial charge on any atom is 0.292 e. The summed E-state index contributed by atoms with van der Waals surface area (Å²) in [6, 6.07) is 16.2. The number of fused-ring (bicyclic) bond motifs is 1. The van der Waals surface area contributed by atoms with Gasteiger partial charge in [0.1, 0.15) is 0 Å². The molecule has 0 spiro atoms. The van der Waals surface area contributed by atoms with E-state index in [1.807, 2.05) is 18.2 Å². The first-order chi connectivity index (χ1) is 13.8. The molecule has 1 N–H and O–H groups in total. The predicted molar refractivity (Wildman–Crippen MR) is 107 cm³/mol. The van der Waals surface area contributed by atoms with Crippen LogP contribution in [0.15, 0.2) is 59.0 Å². The largest absolute Gasteiger partial charge is 0.454 e. The van der Waals surface area contributed by atoms with Gasteiger partial charge in [-0.05, 0) is 47.6 Å². The van der Waals surface area contributed by atoms with Crippen molar-refractivity contribution >= 4 is 17.8 Å². The molecule has 0 fully saturated rings. The Balaban J connectivity index is 1.31. The van der Waals surface area contributed by atoms with Gasteiger partial charge in [-0.25, -0.2) is 0 Å². The van der Waals surface area contributed by atoms with Gasteiger partial charge in [-0.1, -0.05) is 30.3 Å². The molecule has 0 amide bonds. The molecule has 1 unspecified atom stereocenters. The summed E-state index contributed by atoms with van der Waals surface area (Å²) in [7, 11) is 0. The third-order valence-corrected chi connectivity index (χ3v) is 5.42. The highest BCUT2D eigenvalue weighted by atomic mass is 32.1. The molecule has 2 aliphatic rings. The lowest BCUT2D eigenvalue weighted by atomic mass is 10.00. The van der Waals surface area contributed by atoms with Gasteiger partial charge in [0.25, 0.3) is 4.84 Å². The Morgan fingerprint density at radius 3 is 2.71 bits per heavy atom. The lowest BCUT2D eigenvalue weighted by Gasteiger charge is -2.23. The lowest BCUT2D eigenvalue weighted by Crippen LogP contribution is -3.11. The molecule has 0 aliphatic carbocycles. The van der Waals surface area contributed by atoms with Crippen LogP contribution in [-0.2, 0) is 6.67 Å². The van der Waals surface area contributed by atoms with E-state index < -0.39 is 0 Å². The first kappa shape index (κ1) is 17.2. The Morgan fingerprint density at radius 1 is 1.04 bits per heavy atom. The molecule has 0 radical (unpaired) electrons. The highest BCUT2D eigenvalue weighted by Gasteiger charge is 2.20. The van der Waals surface area contributed by atoms with Crippen LogP contribution in [0, 0.1) is 4.84 Å². The first-order valence-electron chi connectivity index (χ1n) is 9.32. The summed E-state index contributed by atoms with van der Waals surface area (Å²) in [5.41, 5.74) is 3.55. The molecule has 1 atom stereocenters. The molecule has 7 heteroatoms. The summed E-state index contributed by atoms with van der Waals surface area (Å²) in [5, 5.41) is 4.58. The van der Waals surface area contributed by atoms with E-state index >= 15 is 0 Å². The van der Waals surface area contributed by atoms with Crippen LogP contribution in [0.25, 0.3) is 17.0 Å². The molecule has 0 saturated carbocycles. The summed E-state index contributed by atoms with van der Waals surface area (Å²) in [6.07, 6.45) is 3.36. The number of rotatable bonds is 4. The van der Waals surface area contributed by atoms with E-state index in [1.165, 1.54) is 16.0 Å². The molecular weight excluding hydrogens is 374 g/mol. The predicted octanol–water partition coefficient (Wildman–Crippen LogP) is 2.93. The van der Waals surface area contributed by atoms with Crippen LogP contribution in [0.3, 0.4) is 0 Å². The van der Waals surface area contributed by atoms with E-state index in [-0.39, 0.29) is 6.79 Å². The molecule has 0 saturated heterocycles. The van der Waals surface area contributed by atoms with Crippen LogP contribution in [0.4, 0.5) is 0 Å². The summed E-state index contributed by atoms with van der Waals surface area (Å²) < 4.78 is 18.3. The van der Waals surface area contributed by atoms with E-state index in [0.717, 1.165) is 30.8 Å². The summed E-state index contributed by atoms with van der Waals surface area (Å²) in [4.78, 5) is 1.79. The van der Waals surface area contributed by atoms with E-state index in [1.54, 1.807) is 4.68 Å². The third-order valence-electron chi connectivity index (χ3n) is 5.13. The Labute approximate surface area is 167 Å². The lowest BCUT2D eigenvalue weighted by molar-refractivity contribution is -0.918. The smallest absolute Gasteiger partial charge is 0.292 e. The van der Waals surface area contributed by atoms with E-state index in [2.05, 4.69) is 41.5 Å². The molecule has 6 nitrogen and oxygen atoms in total. The third kappa shape index (κ3) is 3.34. The molecular formula is C21H20N3O3S+. The summed E-state index contributed by atoms with van der Waals surface area (Å²) >= 11 is 5.39. The van der Waals surface area contributed by atoms with Crippen molar-refractivity contribution in [3.63, 3.8) is 0 Å². The van der Waals surface area contributed by atoms with Gasteiger partial charge in [-0.2, -0.15) is 4.68 Å². The van der Waals surface area contributed by atoms with Crippen molar-refractivity contribution in [3.05, 3.63) is 65.0 Å². The molecule has 28 heavy (non-hydrogen) atoms. The SMILES string of the molecule is S=c1oc(-c2ccc3c(c2)OCO3)nn1C[NH+]1CC=C(c2ccccc2)CC1. The molecule has 3 heterocycles. The van der Waals surface area contributed by atoms with Crippen molar-refractivity contribution in [2.45, 2.75) is 13.1 Å². The van der Waals surface area contributed by atoms with E-state index in [0.29, 0.717) is 23.1 Å². The quantitative estimate of drug-likeness (QED) is 0.690. The van der Waals surface area contributed by atoms with Crippen molar-refractivity contribution in [2.75, 3.05) is 19.9 Å². The Morgan fingerprint density at radius 2 is 1.89 bits per heavy atom. The summed E-state index contributed by atoms with van der Waals surface area (Å²) in [5.74, 6) is 1.94. The standard InChI is InChI=1S/C21H19N3O3S/c28-21-24(13-23-10-8-16(9-11-23)15-4-2-1-3-5-15)22-20(27-21)17-6-7-18-19(12-17)26-14-25-18/h1-8,12H,9-11,13-14H2/p+1. The molecule has 0 bridgehead atoms. The van der Waals surface area contributed by atoms with Gasteiger partial charge < -0.3 is 18.8 Å². The van der Waals surface area contributed by atoms with Crippen molar-refractivity contribution in [1.82, 2.24) is 9.78 Å². The van der Waals surface area contributed by atoms with Crippen molar-refractivity contribution in [2.24, 2.45) is 0 Å². The van der Waals surface area contributed by atoms with Crippen molar-refractivity contribution in [3.8, 4) is 23.0 Å². The molecule has 3 aromatic rings. The summed E-state index contributed by atoms with van der Waals surface area (Å²) in [6.45, 7) is 2.91. The van der Waals surface area contributed by atoms with Gasteiger partial charge >= 0.3 is 0 Å². The van der Waals surface area contributed by atoms with Crippen LogP contribution >= 0.6 is 12.2 Å². The fraction of sp³-hybridized carbons (Fsp3) is 0.238. The van der Waals surface area contributed by atoms with Gasteiger partial charge in [0.15, 0.2) is 18.2 Å².